The maximum absolute atomic E-state index is 12.9. The lowest BCUT2D eigenvalue weighted by Crippen LogP contribution is -2.30. The molecule has 1 aliphatic heterocycles. The van der Waals surface area contributed by atoms with Gasteiger partial charge in [-0.1, -0.05) is 55.0 Å². The number of anilines is 1. The summed E-state index contributed by atoms with van der Waals surface area (Å²) in [5, 5.41) is 12.2. The topological polar surface area (TPSA) is 95.5 Å². The Balaban J connectivity index is 1.40. The average Bonchev–Trinajstić information content (AvgIpc) is 3.46. The highest BCUT2D eigenvalue weighted by molar-refractivity contribution is 7.89. The van der Waals surface area contributed by atoms with E-state index in [0.717, 1.165) is 34.8 Å². The Morgan fingerprint density at radius 3 is 2.56 bits per heavy atom. The fourth-order valence-corrected chi connectivity index (χ4v) is 6.30. The summed E-state index contributed by atoms with van der Waals surface area (Å²) in [4.78, 5) is 15.0. The van der Waals surface area contributed by atoms with E-state index in [1.165, 1.54) is 21.2 Å². The number of nitrogens with one attached hydrogen (secondary N) is 1. The number of hydrogen-bond donors (Lipinski definition) is 1. The van der Waals surface area contributed by atoms with Crippen LogP contribution in [0.3, 0.4) is 0 Å². The molecule has 0 saturated heterocycles. The number of fused-ring (bicyclic) bond motifs is 1. The van der Waals surface area contributed by atoms with Gasteiger partial charge in [0.1, 0.15) is 5.01 Å². The van der Waals surface area contributed by atoms with Gasteiger partial charge in [-0.25, -0.2) is 8.42 Å². The summed E-state index contributed by atoms with van der Waals surface area (Å²) in [6, 6.07) is 13.3. The van der Waals surface area contributed by atoms with Gasteiger partial charge in [-0.2, -0.15) is 4.31 Å². The highest BCUT2D eigenvalue weighted by Gasteiger charge is 2.26. The van der Waals surface area contributed by atoms with Crippen LogP contribution < -0.4 is 10.2 Å². The summed E-state index contributed by atoms with van der Waals surface area (Å²) in [5.74, 6) is -0.239. The highest BCUT2D eigenvalue weighted by Crippen LogP contribution is 2.32. The van der Waals surface area contributed by atoms with Gasteiger partial charge in [-0.05, 0) is 42.7 Å². The zero-order chi connectivity index (χ0) is 24.3. The summed E-state index contributed by atoms with van der Waals surface area (Å²) in [6.07, 6.45) is 0.764. The summed E-state index contributed by atoms with van der Waals surface area (Å²) in [5.41, 5.74) is 4.21. The molecule has 2 heterocycles. The van der Waals surface area contributed by atoms with Crippen molar-refractivity contribution < 1.29 is 13.2 Å². The van der Waals surface area contributed by atoms with Crippen LogP contribution in [0.1, 0.15) is 45.3 Å². The molecule has 2 aromatic carbocycles. The summed E-state index contributed by atoms with van der Waals surface area (Å²) in [7, 11) is -3.48. The molecular weight excluding hydrogens is 470 g/mol. The first kappa shape index (κ1) is 24.3. The maximum Gasteiger partial charge on any atom is 0.282 e. The third-order valence-electron chi connectivity index (χ3n) is 5.95. The van der Waals surface area contributed by atoms with Gasteiger partial charge in [0.15, 0.2) is 0 Å². The van der Waals surface area contributed by atoms with Crippen LogP contribution in [0.15, 0.2) is 47.4 Å². The molecule has 1 aromatic heterocycles. The molecular formula is C24H29N5O3S2. The van der Waals surface area contributed by atoms with Crippen LogP contribution in [-0.2, 0) is 29.5 Å². The number of carbonyl (C=O) groups is 1. The molecule has 1 N–H and O–H groups in total. The van der Waals surface area contributed by atoms with Gasteiger partial charge in [0.2, 0.25) is 15.0 Å². The van der Waals surface area contributed by atoms with Gasteiger partial charge in [-0.15, -0.1) is 10.2 Å². The Morgan fingerprint density at radius 1 is 1.12 bits per heavy atom. The average molecular weight is 500 g/mol. The quantitative estimate of drug-likeness (QED) is 0.485. The van der Waals surface area contributed by atoms with Crippen LogP contribution in [0, 0.1) is 6.92 Å². The molecule has 0 atom stereocenters. The molecule has 0 aliphatic carbocycles. The van der Waals surface area contributed by atoms with Crippen molar-refractivity contribution in [1.82, 2.24) is 19.8 Å². The molecule has 4 rings (SSSR count). The van der Waals surface area contributed by atoms with E-state index in [4.69, 9.17) is 0 Å². The number of sulfonamides is 1. The van der Waals surface area contributed by atoms with Crippen molar-refractivity contribution in [2.75, 3.05) is 24.5 Å². The Bertz CT molecular complexity index is 1270. The molecule has 1 aliphatic rings. The predicted octanol–water partition coefficient (Wildman–Crippen LogP) is 3.37. The minimum atomic E-state index is -3.48. The fourth-order valence-electron chi connectivity index (χ4n) is 4.02. The zero-order valence-electron chi connectivity index (χ0n) is 19.6. The molecule has 0 saturated carbocycles. The monoisotopic (exact) mass is 499 g/mol. The van der Waals surface area contributed by atoms with Crippen molar-refractivity contribution in [2.24, 2.45) is 0 Å². The number of benzene rings is 2. The van der Waals surface area contributed by atoms with Crippen molar-refractivity contribution >= 4 is 33.0 Å². The third kappa shape index (κ3) is 5.13. The number of hydrogen-bond acceptors (Lipinski definition) is 7. The van der Waals surface area contributed by atoms with Gasteiger partial charge in [-0.3, -0.25) is 4.79 Å². The lowest BCUT2D eigenvalue weighted by molar-refractivity contribution is 0.0950. The number of rotatable bonds is 9. The first-order valence-electron chi connectivity index (χ1n) is 11.4. The first-order valence-corrected chi connectivity index (χ1v) is 13.6. The van der Waals surface area contributed by atoms with Crippen molar-refractivity contribution in [3.8, 4) is 0 Å². The Hall–Kier alpha value is -2.82. The molecule has 0 radical (unpaired) electrons. The summed E-state index contributed by atoms with van der Waals surface area (Å²) < 4.78 is 27.2. The number of amides is 1. The zero-order valence-corrected chi connectivity index (χ0v) is 21.2. The molecule has 8 nitrogen and oxygen atoms in total. The Labute approximate surface area is 204 Å². The van der Waals surface area contributed by atoms with Gasteiger partial charge in [0, 0.05) is 31.9 Å². The van der Waals surface area contributed by atoms with E-state index in [0.29, 0.717) is 36.1 Å². The van der Waals surface area contributed by atoms with E-state index in [1.54, 1.807) is 12.1 Å². The minimum absolute atomic E-state index is 0.239. The van der Waals surface area contributed by atoms with Gasteiger partial charge >= 0.3 is 0 Å². The van der Waals surface area contributed by atoms with E-state index >= 15 is 0 Å². The second kappa shape index (κ2) is 10.2. The minimum Gasteiger partial charge on any atom is -0.364 e. The second-order valence-corrected chi connectivity index (χ2v) is 11.2. The van der Waals surface area contributed by atoms with Crippen molar-refractivity contribution in [1.29, 1.82) is 0 Å². The lowest BCUT2D eigenvalue weighted by Gasteiger charge is -2.20. The van der Waals surface area contributed by atoms with Gasteiger partial charge < -0.3 is 10.2 Å². The maximum atomic E-state index is 12.9. The third-order valence-corrected chi connectivity index (χ3v) is 8.90. The molecule has 0 unspecified atom stereocenters. The number of aryl methyl sites for hydroxylation is 1. The van der Waals surface area contributed by atoms with Crippen LogP contribution in [0.25, 0.3) is 0 Å². The van der Waals surface area contributed by atoms with Crippen LogP contribution in [0.5, 0.6) is 0 Å². The molecule has 1 amide bonds. The highest BCUT2D eigenvalue weighted by atomic mass is 32.2. The molecule has 180 valence electrons. The molecule has 0 fully saturated rings. The van der Waals surface area contributed by atoms with E-state index in [2.05, 4.69) is 20.4 Å². The predicted molar refractivity (Wildman–Crippen MR) is 134 cm³/mol. The number of carbonyl (C=O) groups excluding carboxylic acids is 1. The molecule has 0 spiro atoms. The van der Waals surface area contributed by atoms with E-state index in [9.17, 15) is 13.2 Å². The van der Waals surface area contributed by atoms with Crippen molar-refractivity contribution in [2.45, 2.75) is 45.2 Å². The van der Waals surface area contributed by atoms with E-state index in [-0.39, 0.29) is 5.91 Å². The van der Waals surface area contributed by atoms with Crippen LogP contribution in [0.4, 0.5) is 5.69 Å². The van der Waals surface area contributed by atoms with E-state index < -0.39 is 10.0 Å². The Morgan fingerprint density at radius 2 is 1.85 bits per heavy atom. The normalized spacial score (nSPS) is 13.4. The van der Waals surface area contributed by atoms with Gasteiger partial charge in [0.05, 0.1) is 11.4 Å². The van der Waals surface area contributed by atoms with Gasteiger partial charge in [0.25, 0.3) is 5.91 Å². The standard InChI is InChI=1S/C24H29N5O3S2/c1-4-29(5-2)34(31,32)20-10-11-21-19(14-20)12-13-28(21)16-22-26-27-24(33-22)23(30)25-15-18-8-6-17(3)7-9-18/h6-11,14H,4-5,12-13,15-16H2,1-3H3,(H,25,30). The smallest absolute Gasteiger partial charge is 0.282 e. The molecule has 3 aromatic rings. The van der Waals surface area contributed by atoms with Crippen molar-refractivity contribution in [3.63, 3.8) is 0 Å². The van der Waals surface area contributed by atoms with Crippen molar-refractivity contribution in [3.05, 3.63) is 69.2 Å². The summed E-state index contributed by atoms with van der Waals surface area (Å²) in [6.45, 7) is 8.32. The first-order chi connectivity index (χ1) is 16.3. The van der Waals surface area contributed by atoms with Crippen LogP contribution in [-0.4, -0.2) is 48.5 Å². The molecule has 10 heteroatoms. The SMILES string of the molecule is CCN(CC)S(=O)(=O)c1ccc2c(c1)CCN2Cc1nnc(C(=O)NCc2ccc(C)cc2)s1. The molecule has 0 bridgehead atoms. The van der Waals surface area contributed by atoms with E-state index in [1.807, 2.05) is 51.1 Å². The largest absolute Gasteiger partial charge is 0.364 e. The molecule has 34 heavy (non-hydrogen) atoms. The Kier molecular flexibility index (Phi) is 7.30. The number of nitrogens with zero attached hydrogens (tertiary/aromatic N) is 4. The number of aromatic nitrogens is 2. The second-order valence-electron chi connectivity index (χ2n) is 8.22. The fraction of sp³-hybridized carbons (Fsp3) is 0.375. The van der Waals surface area contributed by atoms with Crippen LogP contribution in [0.2, 0.25) is 0 Å². The lowest BCUT2D eigenvalue weighted by atomic mass is 10.1. The van der Waals surface area contributed by atoms with Crippen LogP contribution >= 0.6 is 11.3 Å². The summed E-state index contributed by atoms with van der Waals surface area (Å²) >= 11 is 1.28.